The number of anilines is 1. The zero-order chi connectivity index (χ0) is 23.2. The van der Waals surface area contributed by atoms with Gasteiger partial charge in [-0.1, -0.05) is 41.9 Å². The van der Waals surface area contributed by atoms with Gasteiger partial charge in [0.25, 0.3) is 0 Å². The van der Waals surface area contributed by atoms with E-state index < -0.39 is 0 Å². The average molecular weight is 463 g/mol. The monoisotopic (exact) mass is 462 g/mol. The molecule has 0 radical (unpaired) electrons. The summed E-state index contributed by atoms with van der Waals surface area (Å²) in [7, 11) is 6.32. The lowest BCUT2D eigenvalue weighted by Gasteiger charge is -2.19. The Balaban J connectivity index is 1.42. The van der Waals surface area contributed by atoms with Crippen LogP contribution in [0.5, 0.6) is 0 Å². The lowest BCUT2D eigenvalue weighted by molar-refractivity contribution is 0.276. The van der Waals surface area contributed by atoms with Crippen LogP contribution in [-0.2, 0) is 6.54 Å². The Morgan fingerprint density at radius 1 is 1.06 bits per heavy atom. The summed E-state index contributed by atoms with van der Waals surface area (Å²) in [5.41, 5.74) is 6.79. The van der Waals surface area contributed by atoms with Crippen molar-refractivity contribution < 1.29 is 0 Å². The number of likely N-dealkylation sites (N-methyl/N-ethyl adjacent to an activating group) is 2. The van der Waals surface area contributed by atoms with Crippen LogP contribution in [-0.4, -0.2) is 70.0 Å². The molecule has 2 aromatic heterocycles. The molecule has 0 aliphatic rings. The molecule has 0 spiro atoms. The van der Waals surface area contributed by atoms with Crippen molar-refractivity contribution >= 4 is 34.7 Å². The zero-order valence-corrected chi connectivity index (χ0v) is 19.7. The number of fused-ring (bicyclic) bond motifs is 1. The summed E-state index contributed by atoms with van der Waals surface area (Å²) in [6, 6.07) is 15.9. The summed E-state index contributed by atoms with van der Waals surface area (Å²) in [4.78, 5) is 13.2. The predicted octanol–water partition coefficient (Wildman–Crippen LogP) is 3.91. The Hall–Kier alpha value is -3.33. The topological polar surface area (TPSA) is 74.5 Å². The van der Waals surface area contributed by atoms with E-state index in [2.05, 4.69) is 80.8 Å². The number of benzene rings is 2. The third-order valence-corrected chi connectivity index (χ3v) is 5.40. The van der Waals surface area contributed by atoms with Crippen LogP contribution >= 0.6 is 11.6 Å². The smallest absolute Gasteiger partial charge is 0.168 e. The molecule has 33 heavy (non-hydrogen) atoms. The van der Waals surface area contributed by atoms with Gasteiger partial charge in [-0.15, -0.1) is 0 Å². The highest BCUT2D eigenvalue weighted by atomic mass is 35.5. The second-order valence-electron chi connectivity index (χ2n) is 8.15. The second-order valence-corrected chi connectivity index (χ2v) is 8.58. The van der Waals surface area contributed by atoms with Crippen LogP contribution in [0, 0.1) is 0 Å². The normalized spacial score (nSPS) is 11.8. The highest BCUT2D eigenvalue weighted by Crippen LogP contribution is 2.23. The van der Waals surface area contributed by atoms with E-state index in [0.29, 0.717) is 16.5 Å². The highest BCUT2D eigenvalue weighted by Gasteiger charge is 2.11. The number of hydrogen-bond donors (Lipinski definition) is 1. The lowest BCUT2D eigenvalue weighted by atomic mass is 10.1. The standard InChI is InChI=1S/C24H27ClN8/c1-31(2)11-12-32(3)16-19-9-7-18(8-10-19)14-28-30-23-22-15-29-33(24(22)27-17-26-23)21-6-4-5-20(25)13-21/h4-10,13-15,17H,11-12,16H2,1-3H3,(H,26,27,30)/b28-14+. The molecule has 4 aromatic rings. The van der Waals surface area contributed by atoms with Crippen LogP contribution in [0.3, 0.4) is 0 Å². The van der Waals surface area contributed by atoms with E-state index in [4.69, 9.17) is 11.6 Å². The van der Waals surface area contributed by atoms with Gasteiger partial charge in [0.1, 0.15) is 6.33 Å². The molecular weight excluding hydrogens is 436 g/mol. The van der Waals surface area contributed by atoms with E-state index in [-0.39, 0.29) is 0 Å². The number of halogens is 1. The van der Waals surface area contributed by atoms with Crippen LogP contribution in [0.15, 0.2) is 66.2 Å². The number of nitrogens with zero attached hydrogens (tertiary/aromatic N) is 7. The second kappa shape index (κ2) is 10.5. The van der Waals surface area contributed by atoms with E-state index in [1.807, 2.05) is 24.3 Å². The highest BCUT2D eigenvalue weighted by molar-refractivity contribution is 6.30. The Morgan fingerprint density at radius 3 is 2.64 bits per heavy atom. The molecular formula is C24H27ClN8. The van der Waals surface area contributed by atoms with E-state index in [1.54, 1.807) is 17.1 Å². The molecule has 0 aliphatic heterocycles. The minimum atomic E-state index is 0.587. The van der Waals surface area contributed by atoms with E-state index in [0.717, 1.165) is 36.3 Å². The van der Waals surface area contributed by atoms with Gasteiger partial charge in [-0.2, -0.15) is 10.2 Å². The minimum absolute atomic E-state index is 0.587. The maximum atomic E-state index is 6.12. The number of hydrazone groups is 1. The first-order chi connectivity index (χ1) is 16.0. The molecule has 9 heteroatoms. The molecule has 8 nitrogen and oxygen atoms in total. The Morgan fingerprint density at radius 2 is 1.88 bits per heavy atom. The van der Waals surface area contributed by atoms with Crippen molar-refractivity contribution in [2.45, 2.75) is 6.54 Å². The summed E-state index contributed by atoms with van der Waals surface area (Å²) >= 11 is 6.12. The first-order valence-corrected chi connectivity index (χ1v) is 11.0. The summed E-state index contributed by atoms with van der Waals surface area (Å²) in [5.74, 6) is 0.587. The summed E-state index contributed by atoms with van der Waals surface area (Å²) < 4.78 is 1.73. The number of rotatable bonds is 9. The average Bonchev–Trinajstić information content (AvgIpc) is 3.24. The van der Waals surface area contributed by atoms with Gasteiger partial charge in [0, 0.05) is 24.7 Å². The largest absolute Gasteiger partial charge is 0.308 e. The maximum absolute atomic E-state index is 6.12. The number of hydrogen-bond acceptors (Lipinski definition) is 7. The fourth-order valence-corrected chi connectivity index (χ4v) is 3.55. The van der Waals surface area contributed by atoms with Gasteiger partial charge in [0.05, 0.1) is 23.5 Å². The molecule has 0 unspecified atom stereocenters. The van der Waals surface area contributed by atoms with Crippen LogP contribution in [0.2, 0.25) is 5.02 Å². The zero-order valence-electron chi connectivity index (χ0n) is 19.0. The predicted molar refractivity (Wildman–Crippen MR) is 134 cm³/mol. The van der Waals surface area contributed by atoms with E-state index >= 15 is 0 Å². The maximum Gasteiger partial charge on any atom is 0.168 e. The van der Waals surface area contributed by atoms with Crippen molar-refractivity contribution in [1.29, 1.82) is 0 Å². The molecule has 0 amide bonds. The lowest BCUT2D eigenvalue weighted by Crippen LogP contribution is -2.28. The SMILES string of the molecule is CN(C)CCN(C)Cc1ccc(/C=N/Nc2ncnc3c2cnn3-c2cccc(Cl)c2)cc1. The van der Waals surface area contributed by atoms with Crippen molar-refractivity contribution in [1.82, 2.24) is 29.5 Å². The molecule has 0 saturated carbocycles. The van der Waals surface area contributed by atoms with E-state index in [9.17, 15) is 0 Å². The molecule has 170 valence electrons. The van der Waals surface area contributed by atoms with Crippen LogP contribution in [0.4, 0.5) is 5.82 Å². The van der Waals surface area contributed by atoms with E-state index in [1.165, 1.54) is 11.9 Å². The fraction of sp³-hybridized carbons (Fsp3) is 0.250. The third-order valence-electron chi connectivity index (χ3n) is 5.16. The summed E-state index contributed by atoms with van der Waals surface area (Å²) in [6.07, 6.45) is 4.98. The Bertz CT molecular complexity index is 1230. The molecule has 0 aliphatic carbocycles. The van der Waals surface area contributed by atoms with Gasteiger partial charge in [-0.25, -0.2) is 14.6 Å². The summed E-state index contributed by atoms with van der Waals surface area (Å²) in [6.45, 7) is 2.99. The third kappa shape index (κ3) is 5.92. The molecule has 0 atom stereocenters. The quantitative estimate of drug-likeness (QED) is 0.300. The first kappa shape index (κ1) is 22.8. The molecule has 2 heterocycles. The molecule has 0 bridgehead atoms. The minimum Gasteiger partial charge on any atom is -0.308 e. The molecule has 0 fully saturated rings. The van der Waals surface area contributed by atoms with Crippen molar-refractivity contribution in [2.75, 3.05) is 39.7 Å². The number of aromatic nitrogens is 4. The number of nitrogens with one attached hydrogen (secondary N) is 1. The van der Waals surface area contributed by atoms with Crippen molar-refractivity contribution in [3.8, 4) is 5.69 Å². The summed E-state index contributed by atoms with van der Waals surface area (Å²) in [5, 5.41) is 10.2. The molecule has 1 N–H and O–H groups in total. The van der Waals surface area contributed by atoms with Crippen LogP contribution in [0.1, 0.15) is 11.1 Å². The van der Waals surface area contributed by atoms with Gasteiger partial charge < -0.3 is 9.80 Å². The van der Waals surface area contributed by atoms with Crippen LogP contribution < -0.4 is 5.43 Å². The molecule has 0 saturated heterocycles. The first-order valence-electron chi connectivity index (χ1n) is 10.7. The van der Waals surface area contributed by atoms with Gasteiger partial charge >= 0.3 is 0 Å². The van der Waals surface area contributed by atoms with Gasteiger partial charge in [-0.05, 0) is 50.5 Å². The molecule has 2 aromatic carbocycles. The van der Waals surface area contributed by atoms with Gasteiger partial charge in [0.15, 0.2) is 11.5 Å². The van der Waals surface area contributed by atoms with Gasteiger partial charge in [0.2, 0.25) is 0 Å². The van der Waals surface area contributed by atoms with Crippen molar-refractivity contribution in [3.63, 3.8) is 0 Å². The Labute approximate surface area is 198 Å². The van der Waals surface area contributed by atoms with Crippen LogP contribution in [0.25, 0.3) is 16.7 Å². The van der Waals surface area contributed by atoms with Gasteiger partial charge in [-0.3, -0.25) is 5.43 Å². The van der Waals surface area contributed by atoms with Crippen molar-refractivity contribution in [2.24, 2.45) is 5.10 Å². The Kier molecular flexibility index (Phi) is 7.29. The van der Waals surface area contributed by atoms with Crippen molar-refractivity contribution in [3.05, 3.63) is 77.2 Å². The molecule has 4 rings (SSSR count). The fourth-order valence-electron chi connectivity index (χ4n) is 3.37.